The van der Waals surface area contributed by atoms with Gasteiger partial charge < -0.3 is 10.0 Å². The molecule has 3 heteroatoms. The average molecular weight is 253 g/mol. The molecule has 0 aromatic carbocycles. The van der Waals surface area contributed by atoms with Gasteiger partial charge in [0.1, 0.15) is 0 Å². The molecule has 0 atom stereocenters. The Kier molecular flexibility index (Phi) is 4.00. The third-order valence-corrected chi connectivity index (χ3v) is 4.89. The van der Waals surface area contributed by atoms with E-state index in [1.807, 2.05) is 0 Å². The molecule has 3 nitrogen and oxygen atoms in total. The highest BCUT2D eigenvalue weighted by Crippen LogP contribution is 2.36. The van der Waals surface area contributed by atoms with E-state index >= 15 is 0 Å². The molecule has 0 amide bonds. The van der Waals surface area contributed by atoms with Crippen molar-refractivity contribution in [2.75, 3.05) is 19.6 Å². The smallest absolute Gasteiger partial charge is 0.306 e. The highest BCUT2D eigenvalue weighted by atomic mass is 16.4. The third-order valence-electron chi connectivity index (χ3n) is 4.89. The van der Waals surface area contributed by atoms with E-state index in [-0.39, 0.29) is 5.92 Å². The standard InChI is InChI=1S/C15H27NO2/c1-15(2,3)13-9-16(10-13)8-11-4-6-12(7-5-11)14(17)18/h11-13H,4-10H2,1-3H3,(H,17,18). The summed E-state index contributed by atoms with van der Waals surface area (Å²) < 4.78 is 0. The van der Waals surface area contributed by atoms with Gasteiger partial charge >= 0.3 is 5.97 Å². The van der Waals surface area contributed by atoms with Crippen LogP contribution in [0.3, 0.4) is 0 Å². The number of carboxylic acids is 1. The second-order valence-electron chi connectivity index (χ2n) is 7.34. The molecule has 0 spiro atoms. The first-order valence-electron chi connectivity index (χ1n) is 7.31. The van der Waals surface area contributed by atoms with Gasteiger partial charge in [-0.2, -0.15) is 0 Å². The second kappa shape index (κ2) is 5.20. The van der Waals surface area contributed by atoms with E-state index in [1.54, 1.807) is 0 Å². The van der Waals surface area contributed by atoms with Crippen LogP contribution in [0, 0.1) is 23.2 Å². The fourth-order valence-corrected chi connectivity index (χ4v) is 3.22. The number of nitrogens with zero attached hydrogens (tertiary/aromatic N) is 1. The minimum absolute atomic E-state index is 0.0695. The van der Waals surface area contributed by atoms with E-state index in [2.05, 4.69) is 25.7 Å². The average Bonchev–Trinajstić information content (AvgIpc) is 2.21. The molecule has 0 aromatic heterocycles. The lowest BCUT2D eigenvalue weighted by Gasteiger charge is -2.48. The minimum Gasteiger partial charge on any atom is -0.481 e. The van der Waals surface area contributed by atoms with Crippen LogP contribution in [0.5, 0.6) is 0 Å². The van der Waals surface area contributed by atoms with Gasteiger partial charge in [0.05, 0.1) is 5.92 Å². The molecule has 1 saturated carbocycles. The number of hydrogen-bond donors (Lipinski definition) is 1. The molecule has 2 aliphatic rings. The fourth-order valence-electron chi connectivity index (χ4n) is 3.22. The molecule has 1 aliphatic heterocycles. The van der Waals surface area contributed by atoms with Crippen LogP contribution in [0.4, 0.5) is 0 Å². The van der Waals surface area contributed by atoms with Crippen LogP contribution in [-0.2, 0) is 4.79 Å². The molecule has 2 rings (SSSR count). The lowest BCUT2D eigenvalue weighted by atomic mass is 9.75. The van der Waals surface area contributed by atoms with Crippen LogP contribution in [0.15, 0.2) is 0 Å². The first-order chi connectivity index (χ1) is 8.36. The van der Waals surface area contributed by atoms with Gasteiger partial charge in [0, 0.05) is 19.6 Å². The molecule has 1 aliphatic carbocycles. The summed E-state index contributed by atoms with van der Waals surface area (Å²) in [6, 6.07) is 0. The molecule has 2 fully saturated rings. The largest absolute Gasteiger partial charge is 0.481 e. The van der Waals surface area contributed by atoms with Crippen molar-refractivity contribution < 1.29 is 9.90 Å². The van der Waals surface area contributed by atoms with E-state index in [0.29, 0.717) is 5.41 Å². The van der Waals surface area contributed by atoms with Gasteiger partial charge in [-0.25, -0.2) is 0 Å². The van der Waals surface area contributed by atoms with Crippen molar-refractivity contribution in [2.24, 2.45) is 23.2 Å². The Hall–Kier alpha value is -0.570. The second-order valence-corrected chi connectivity index (χ2v) is 7.34. The molecular formula is C15H27NO2. The van der Waals surface area contributed by atoms with Crippen molar-refractivity contribution in [1.29, 1.82) is 0 Å². The Morgan fingerprint density at radius 1 is 1.17 bits per heavy atom. The molecule has 1 N–H and O–H groups in total. The molecular weight excluding hydrogens is 226 g/mol. The van der Waals surface area contributed by atoms with Crippen molar-refractivity contribution in [1.82, 2.24) is 4.90 Å². The highest BCUT2D eigenvalue weighted by Gasteiger charge is 2.37. The van der Waals surface area contributed by atoms with Gasteiger partial charge in [0.15, 0.2) is 0 Å². The molecule has 0 radical (unpaired) electrons. The van der Waals surface area contributed by atoms with Gasteiger partial charge in [-0.05, 0) is 42.9 Å². The topological polar surface area (TPSA) is 40.5 Å². The predicted octanol–water partition coefficient (Wildman–Crippen LogP) is 2.86. The van der Waals surface area contributed by atoms with Crippen molar-refractivity contribution in [3.63, 3.8) is 0 Å². The quantitative estimate of drug-likeness (QED) is 0.841. The van der Waals surface area contributed by atoms with Crippen LogP contribution in [0.1, 0.15) is 46.5 Å². The Morgan fingerprint density at radius 3 is 2.17 bits per heavy atom. The molecule has 1 saturated heterocycles. The molecule has 18 heavy (non-hydrogen) atoms. The maximum atomic E-state index is 10.9. The first-order valence-corrected chi connectivity index (χ1v) is 7.31. The predicted molar refractivity (Wildman–Crippen MR) is 72.5 cm³/mol. The van der Waals surface area contributed by atoms with Crippen LogP contribution in [0.25, 0.3) is 0 Å². The molecule has 0 unspecified atom stereocenters. The van der Waals surface area contributed by atoms with E-state index < -0.39 is 5.97 Å². The molecule has 0 aromatic rings. The Balaban J connectivity index is 1.67. The van der Waals surface area contributed by atoms with Gasteiger partial charge in [-0.3, -0.25) is 4.79 Å². The van der Waals surface area contributed by atoms with Crippen LogP contribution < -0.4 is 0 Å². The summed E-state index contributed by atoms with van der Waals surface area (Å²) in [6.07, 6.45) is 3.98. The number of carboxylic acid groups (broad SMARTS) is 1. The van der Waals surface area contributed by atoms with E-state index in [4.69, 9.17) is 5.11 Å². The van der Waals surface area contributed by atoms with Gasteiger partial charge in [-0.15, -0.1) is 0 Å². The van der Waals surface area contributed by atoms with E-state index in [0.717, 1.165) is 37.5 Å². The number of hydrogen-bond acceptors (Lipinski definition) is 2. The number of likely N-dealkylation sites (tertiary alicyclic amines) is 1. The lowest BCUT2D eigenvalue weighted by molar-refractivity contribution is -0.143. The van der Waals surface area contributed by atoms with Gasteiger partial charge in [0.25, 0.3) is 0 Å². The van der Waals surface area contributed by atoms with E-state index in [1.165, 1.54) is 19.6 Å². The Morgan fingerprint density at radius 2 is 1.72 bits per heavy atom. The zero-order valence-electron chi connectivity index (χ0n) is 12.0. The summed E-state index contributed by atoms with van der Waals surface area (Å²) in [5.74, 6) is 0.916. The summed E-state index contributed by atoms with van der Waals surface area (Å²) in [6.45, 7) is 10.6. The first kappa shape index (κ1) is 13.9. The van der Waals surface area contributed by atoms with Gasteiger partial charge in [-0.1, -0.05) is 20.8 Å². The minimum atomic E-state index is -0.592. The Labute approximate surface area is 111 Å². The lowest BCUT2D eigenvalue weighted by Crippen LogP contribution is -2.53. The monoisotopic (exact) mass is 253 g/mol. The van der Waals surface area contributed by atoms with Crippen molar-refractivity contribution >= 4 is 5.97 Å². The maximum absolute atomic E-state index is 10.9. The van der Waals surface area contributed by atoms with Crippen molar-refractivity contribution in [2.45, 2.75) is 46.5 Å². The molecule has 0 bridgehead atoms. The molecule has 1 heterocycles. The summed E-state index contributed by atoms with van der Waals surface area (Å²) in [5, 5.41) is 8.98. The van der Waals surface area contributed by atoms with Crippen molar-refractivity contribution in [3.8, 4) is 0 Å². The molecule has 104 valence electrons. The van der Waals surface area contributed by atoms with Crippen LogP contribution in [0.2, 0.25) is 0 Å². The Bertz CT molecular complexity index is 294. The normalized spacial score (nSPS) is 31.1. The SMILES string of the molecule is CC(C)(C)C1CN(CC2CCC(C(=O)O)CC2)C1. The van der Waals surface area contributed by atoms with Gasteiger partial charge in [0.2, 0.25) is 0 Å². The van der Waals surface area contributed by atoms with Crippen LogP contribution >= 0.6 is 0 Å². The van der Waals surface area contributed by atoms with Crippen molar-refractivity contribution in [3.05, 3.63) is 0 Å². The number of rotatable bonds is 3. The van der Waals surface area contributed by atoms with E-state index in [9.17, 15) is 4.79 Å². The number of aliphatic carboxylic acids is 1. The zero-order valence-corrected chi connectivity index (χ0v) is 12.0. The van der Waals surface area contributed by atoms with Crippen LogP contribution in [-0.4, -0.2) is 35.6 Å². The summed E-state index contributed by atoms with van der Waals surface area (Å²) in [4.78, 5) is 13.5. The third kappa shape index (κ3) is 3.25. The maximum Gasteiger partial charge on any atom is 0.306 e. The number of carbonyl (C=O) groups is 1. The summed E-state index contributed by atoms with van der Waals surface area (Å²) in [5.41, 5.74) is 0.442. The fraction of sp³-hybridized carbons (Fsp3) is 0.933. The zero-order chi connectivity index (χ0) is 13.3. The summed E-state index contributed by atoms with van der Waals surface area (Å²) >= 11 is 0. The summed E-state index contributed by atoms with van der Waals surface area (Å²) in [7, 11) is 0. The highest BCUT2D eigenvalue weighted by molar-refractivity contribution is 5.69.